The molecule has 34 heavy (non-hydrogen) atoms. The molecule has 1 aliphatic heterocycles. The molecule has 0 unspecified atom stereocenters. The van der Waals surface area contributed by atoms with Crippen LogP contribution in [-0.4, -0.2) is 33.9 Å². The van der Waals surface area contributed by atoms with Crippen molar-refractivity contribution in [2.45, 2.75) is 39.3 Å². The molecule has 0 aliphatic carbocycles. The van der Waals surface area contributed by atoms with E-state index in [1.807, 2.05) is 47.5 Å². The molecule has 0 saturated carbocycles. The Morgan fingerprint density at radius 3 is 2.41 bits per heavy atom. The van der Waals surface area contributed by atoms with Gasteiger partial charge in [-0.1, -0.05) is 49.4 Å². The quantitative estimate of drug-likeness (QED) is 0.383. The van der Waals surface area contributed by atoms with E-state index in [2.05, 4.69) is 46.1 Å². The molecule has 1 aliphatic rings. The first kappa shape index (κ1) is 22.1. The lowest BCUT2D eigenvalue weighted by molar-refractivity contribution is -0.137. The van der Waals surface area contributed by atoms with Crippen LogP contribution in [0.4, 0.5) is 6.01 Å². The monoisotopic (exact) mass is 454 g/mol. The average Bonchev–Trinajstić information content (AvgIpc) is 3.33. The largest absolute Gasteiger partial charge is 0.423 e. The van der Waals surface area contributed by atoms with Crippen LogP contribution >= 0.6 is 0 Å². The zero-order valence-corrected chi connectivity index (χ0v) is 19.6. The van der Waals surface area contributed by atoms with Crippen LogP contribution < -0.4 is 4.90 Å². The van der Waals surface area contributed by atoms with Gasteiger partial charge in [0.2, 0.25) is 5.91 Å². The summed E-state index contributed by atoms with van der Waals surface area (Å²) in [6, 6.07) is 21.0. The predicted molar refractivity (Wildman–Crippen MR) is 133 cm³/mol. The number of amides is 1. The van der Waals surface area contributed by atoms with Gasteiger partial charge in [-0.15, -0.1) is 0 Å². The van der Waals surface area contributed by atoms with E-state index in [0.29, 0.717) is 19.1 Å². The molecule has 174 valence electrons. The fraction of sp³-hybridized carbons (Fsp3) is 0.321. The van der Waals surface area contributed by atoms with E-state index in [9.17, 15) is 4.79 Å². The second-order valence-corrected chi connectivity index (χ2v) is 8.95. The Bertz CT molecular complexity index is 1200. The van der Waals surface area contributed by atoms with Crippen molar-refractivity contribution in [1.29, 1.82) is 0 Å². The molecule has 6 nitrogen and oxygen atoms in total. The molecular weight excluding hydrogens is 424 g/mol. The van der Waals surface area contributed by atoms with Gasteiger partial charge >= 0.3 is 0 Å². The highest BCUT2D eigenvalue weighted by Crippen LogP contribution is 2.28. The number of carbonyl (C=O) groups is 1. The molecule has 0 spiro atoms. The number of rotatable bonds is 7. The van der Waals surface area contributed by atoms with E-state index < -0.39 is 0 Å². The number of benzene rings is 2. The molecule has 0 N–H and O–H groups in total. The number of hydrogen-bond acceptors (Lipinski definition) is 5. The van der Waals surface area contributed by atoms with Gasteiger partial charge in [0.25, 0.3) is 6.01 Å². The number of fused-ring (bicyclic) bond motifs is 1. The fourth-order valence-electron chi connectivity index (χ4n) is 4.60. The van der Waals surface area contributed by atoms with E-state index >= 15 is 0 Å². The highest BCUT2D eigenvalue weighted by atomic mass is 16.4. The van der Waals surface area contributed by atoms with E-state index in [1.165, 1.54) is 5.56 Å². The number of hydrogen-bond donors (Lipinski definition) is 0. The van der Waals surface area contributed by atoms with Crippen LogP contribution in [0.3, 0.4) is 0 Å². The Morgan fingerprint density at radius 2 is 1.71 bits per heavy atom. The highest BCUT2D eigenvalue weighted by Gasteiger charge is 2.30. The van der Waals surface area contributed by atoms with Crippen molar-refractivity contribution in [2.75, 3.05) is 18.0 Å². The maximum Gasteiger partial charge on any atom is 0.298 e. The third-order valence-corrected chi connectivity index (χ3v) is 6.61. The number of nitrogens with zero attached hydrogens (tertiary/aromatic N) is 4. The average molecular weight is 455 g/mol. The van der Waals surface area contributed by atoms with Crippen LogP contribution in [0.15, 0.2) is 77.5 Å². The lowest BCUT2D eigenvalue weighted by Gasteiger charge is -2.33. The summed E-state index contributed by atoms with van der Waals surface area (Å²) in [5.41, 5.74) is 5.17. The second-order valence-electron chi connectivity index (χ2n) is 8.95. The molecular formula is C28H30N4O2. The van der Waals surface area contributed by atoms with Crippen LogP contribution in [0.2, 0.25) is 0 Å². The van der Waals surface area contributed by atoms with Crippen molar-refractivity contribution >= 4 is 23.0 Å². The standard InChI is InChI=1S/C28H30N4O2/c1-2-21-9-11-22(12-10-21)19-32(20-23-6-5-15-29-18-23)27(33)24-13-16-31(17-14-24)28-30-25-7-3-4-8-26(25)34-28/h3-12,15,18,24H,2,13-14,16-17,19-20H2,1H3. The lowest BCUT2D eigenvalue weighted by atomic mass is 9.95. The van der Waals surface area contributed by atoms with E-state index in [-0.39, 0.29) is 11.8 Å². The van der Waals surface area contributed by atoms with Gasteiger partial charge in [0.1, 0.15) is 5.52 Å². The molecule has 5 rings (SSSR count). The first-order valence-corrected chi connectivity index (χ1v) is 12.1. The van der Waals surface area contributed by atoms with Gasteiger partial charge in [-0.3, -0.25) is 9.78 Å². The summed E-state index contributed by atoms with van der Waals surface area (Å²) in [6.45, 7) is 4.83. The van der Waals surface area contributed by atoms with Crippen LogP contribution in [0, 0.1) is 5.92 Å². The molecule has 0 bridgehead atoms. The Morgan fingerprint density at radius 1 is 0.971 bits per heavy atom. The first-order valence-electron chi connectivity index (χ1n) is 12.1. The summed E-state index contributed by atoms with van der Waals surface area (Å²) >= 11 is 0. The van der Waals surface area contributed by atoms with Crippen molar-refractivity contribution < 1.29 is 9.21 Å². The molecule has 1 fully saturated rings. The van der Waals surface area contributed by atoms with Crippen LogP contribution in [0.1, 0.15) is 36.5 Å². The molecule has 0 atom stereocenters. The minimum absolute atomic E-state index is 0.00721. The minimum Gasteiger partial charge on any atom is -0.423 e. The second kappa shape index (κ2) is 10.1. The summed E-state index contributed by atoms with van der Waals surface area (Å²) in [4.78, 5) is 26.7. The summed E-state index contributed by atoms with van der Waals surface area (Å²) in [6.07, 6.45) is 6.19. The van der Waals surface area contributed by atoms with Crippen LogP contribution in [-0.2, 0) is 24.3 Å². The summed E-state index contributed by atoms with van der Waals surface area (Å²) in [5.74, 6) is 0.202. The number of pyridine rings is 1. The maximum atomic E-state index is 13.7. The van der Waals surface area contributed by atoms with Crippen molar-refractivity contribution in [1.82, 2.24) is 14.9 Å². The summed E-state index contributed by atoms with van der Waals surface area (Å²) in [5, 5.41) is 0. The van der Waals surface area contributed by atoms with E-state index in [1.54, 1.807) is 6.20 Å². The number of aromatic nitrogens is 2. The maximum absolute atomic E-state index is 13.7. The van der Waals surface area contributed by atoms with Crippen LogP contribution in [0.5, 0.6) is 0 Å². The third-order valence-electron chi connectivity index (χ3n) is 6.61. The number of carbonyl (C=O) groups excluding carboxylic acids is 1. The van der Waals surface area contributed by atoms with Gasteiger partial charge < -0.3 is 14.2 Å². The topological polar surface area (TPSA) is 62.5 Å². The van der Waals surface area contributed by atoms with E-state index in [0.717, 1.165) is 54.6 Å². The number of piperidine rings is 1. The smallest absolute Gasteiger partial charge is 0.298 e. The molecule has 2 aromatic carbocycles. The van der Waals surface area contributed by atoms with Crippen LogP contribution in [0.25, 0.3) is 11.1 Å². The molecule has 6 heteroatoms. The molecule has 2 aromatic heterocycles. The van der Waals surface area contributed by atoms with Gasteiger partial charge in [-0.25, -0.2) is 0 Å². The number of para-hydroxylation sites is 2. The number of aryl methyl sites for hydroxylation is 1. The Kier molecular flexibility index (Phi) is 6.56. The molecule has 1 amide bonds. The Balaban J connectivity index is 1.28. The Hall–Kier alpha value is -3.67. The number of anilines is 1. The normalized spacial score (nSPS) is 14.4. The van der Waals surface area contributed by atoms with Crippen molar-refractivity contribution in [3.63, 3.8) is 0 Å². The number of oxazole rings is 1. The van der Waals surface area contributed by atoms with Gasteiger partial charge in [-0.05, 0) is 54.2 Å². The summed E-state index contributed by atoms with van der Waals surface area (Å²) < 4.78 is 5.94. The van der Waals surface area contributed by atoms with Crippen molar-refractivity contribution in [3.8, 4) is 0 Å². The van der Waals surface area contributed by atoms with E-state index in [4.69, 9.17) is 4.42 Å². The van der Waals surface area contributed by atoms with Gasteiger partial charge in [0.05, 0.1) is 0 Å². The minimum atomic E-state index is -0.00721. The van der Waals surface area contributed by atoms with Crippen molar-refractivity contribution in [3.05, 3.63) is 89.7 Å². The third kappa shape index (κ3) is 4.96. The van der Waals surface area contributed by atoms with Crippen molar-refractivity contribution in [2.24, 2.45) is 5.92 Å². The zero-order valence-electron chi connectivity index (χ0n) is 19.6. The summed E-state index contributed by atoms with van der Waals surface area (Å²) in [7, 11) is 0. The van der Waals surface area contributed by atoms with Gasteiger partial charge in [-0.2, -0.15) is 4.98 Å². The van der Waals surface area contributed by atoms with Gasteiger partial charge in [0.15, 0.2) is 5.58 Å². The fourth-order valence-corrected chi connectivity index (χ4v) is 4.60. The Labute approximate surface area is 200 Å². The molecule has 1 saturated heterocycles. The molecule has 4 aromatic rings. The SMILES string of the molecule is CCc1ccc(CN(Cc2cccnc2)C(=O)C2CCN(c3nc4ccccc4o3)CC2)cc1. The molecule has 3 heterocycles. The predicted octanol–water partition coefficient (Wildman–Crippen LogP) is 5.23. The first-order chi connectivity index (χ1) is 16.7. The van der Waals surface area contributed by atoms with Gasteiger partial charge in [0, 0.05) is 44.5 Å². The highest BCUT2D eigenvalue weighted by molar-refractivity contribution is 5.79. The molecule has 0 radical (unpaired) electrons. The lowest BCUT2D eigenvalue weighted by Crippen LogP contribution is -2.42. The zero-order chi connectivity index (χ0) is 23.3.